The van der Waals surface area contributed by atoms with E-state index in [0.29, 0.717) is 0 Å². The lowest BCUT2D eigenvalue weighted by Gasteiger charge is -2.27. The van der Waals surface area contributed by atoms with Gasteiger partial charge < -0.3 is 13.8 Å². The van der Waals surface area contributed by atoms with Crippen LogP contribution in [0.5, 0.6) is 0 Å². The van der Waals surface area contributed by atoms with Gasteiger partial charge >= 0.3 is 13.6 Å². The van der Waals surface area contributed by atoms with Gasteiger partial charge in [0.1, 0.15) is 0 Å². The number of ether oxygens (including phenoxy) is 1. The normalized spacial score (nSPS) is 15.5. The van der Waals surface area contributed by atoms with Gasteiger partial charge in [0.25, 0.3) is 0 Å². The third-order valence-corrected chi connectivity index (χ3v) is 6.16. The van der Waals surface area contributed by atoms with Crippen molar-refractivity contribution in [1.82, 2.24) is 4.72 Å². The van der Waals surface area contributed by atoms with Gasteiger partial charge in [0.05, 0.1) is 35.6 Å². The molecule has 9 heteroatoms. The first-order chi connectivity index (χ1) is 9.62. The summed E-state index contributed by atoms with van der Waals surface area (Å²) in [5, 5.41) is 0. The summed E-state index contributed by atoms with van der Waals surface area (Å²) in [5.41, 5.74) is 0. The van der Waals surface area contributed by atoms with E-state index in [9.17, 15) is 13.6 Å². The molecule has 0 rings (SSSR count). The maximum absolute atomic E-state index is 12.7. The number of rotatable bonds is 9. The molecule has 0 aliphatic rings. The Morgan fingerprint density at radius 2 is 1.62 bits per heavy atom. The zero-order valence-corrected chi connectivity index (χ0v) is 15.2. The summed E-state index contributed by atoms with van der Waals surface area (Å²) in [6, 6.07) is 0. The van der Waals surface area contributed by atoms with Gasteiger partial charge in [0, 0.05) is 0 Å². The topological polar surface area (TPSA) is 90.9 Å². The average Bonchev–Trinajstić information content (AvgIpc) is 2.35. The molecule has 0 heterocycles. The summed E-state index contributed by atoms with van der Waals surface area (Å²) in [6.07, 6.45) is 0. The predicted molar refractivity (Wildman–Crippen MR) is 82.3 cm³/mol. The van der Waals surface area contributed by atoms with Crippen LogP contribution in [0.25, 0.3) is 0 Å². The van der Waals surface area contributed by atoms with Crippen LogP contribution in [-0.4, -0.2) is 40.5 Å². The Kier molecular flexibility index (Phi) is 8.89. The molecule has 1 N–H and O–H groups in total. The predicted octanol–water partition coefficient (Wildman–Crippen LogP) is 2.19. The molecule has 0 aliphatic heterocycles. The monoisotopic (exact) mass is 343 g/mol. The first-order valence-corrected chi connectivity index (χ1v) is 9.62. The SMILES string of the molecule is CCOC(=O)C(N[S@](=O)C(C)(C)C)P(=O)(OCC)OCC. The molecule has 0 aromatic rings. The summed E-state index contributed by atoms with van der Waals surface area (Å²) in [4.78, 5) is 12.1. The van der Waals surface area contributed by atoms with Crippen molar-refractivity contribution in [2.75, 3.05) is 19.8 Å². The van der Waals surface area contributed by atoms with Crippen molar-refractivity contribution in [3.8, 4) is 0 Å². The molecule has 0 saturated carbocycles. The Balaban J connectivity index is 5.43. The highest BCUT2D eigenvalue weighted by Gasteiger charge is 2.44. The minimum Gasteiger partial charge on any atom is -0.464 e. The van der Waals surface area contributed by atoms with Crippen LogP contribution < -0.4 is 4.72 Å². The molecule has 0 amide bonds. The van der Waals surface area contributed by atoms with Crippen LogP contribution in [0, 0.1) is 0 Å². The summed E-state index contributed by atoms with van der Waals surface area (Å²) >= 11 is 0. The Morgan fingerprint density at radius 3 is 1.95 bits per heavy atom. The van der Waals surface area contributed by atoms with Crippen molar-refractivity contribution >= 4 is 24.6 Å². The Morgan fingerprint density at radius 1 is 1.14 bits per heavy atom. The van der Waals surface area contributed by atoms with Crippen LogP contribution in [0.15, 0.2) is 0 Å². The van der Waals surface area contributed by atoms with E-state index in [-0.39, 0.29) is 19.8 Å². The first kappa shape index (κ1) is 20.7. The summed E-state index contributed by atoms with van der Waals surface area (Å²) in [6.45, 7) is 10.4. The Bertz CT molecular complexity index is 399. The molecule has 0 saturated heterocycles. The minimum absolute atomic E-state index is 0.0943. The number of hydrogen-bond acceptors (Lipinski definition) is 6. The fourth-order valence-corrected chi connectivity index (χ4v) is 4.17. The number of hydrogen-bond donors (Lipinski definition) is 1. The van der Waals surface area contributed by atoms with E-state index in [1.165, 1.54) is 0 Å². The molecule has 7 nitrogen and oxygen atoms in total. The fraction of sp³-hybridized carbons (Fsp3) is 0.917. The van der Waals surface area contributed by atoms with E-state index in [2.05, 4.69) is 4.72 Å². The lowest BCUT2D eigenvalue weighted by Crippen LogP contribution is -2.45. The van der Waals surface area contributed by atoms with E-state index in [4.69, 9.17) is 13.8 Å². The standard InChI is InChI=1S/C12H26NO6PS/c1-7-17-11(14)10(13-21(16)12(4,5)6)20(15,18-8-2)19-9-3/h10,13H,7-9H2,1-6H3/t10?,21-/m1/s1. The van der Waals surface area contributed by atoms with Gasteiger partial charge in [-0.05, 0) is 41.5 Å². The second kappa shape index (κ2) is 9.00. The smallest absolute Gasteiger partial charge is 0.359 e. The van der Waals surface area contributed by atoms with Crippen LogP contribution >= 0.6 is 7.60 Å². The highest BCUT2D eigenvalue weighted by atomic mass is 32.2. The van der Waals surface area contributed by atoms with Gasteiger partial charge in [0.15, 0.2) is 0 Å². The molecule has 1 unspecified atom stereocenters. The van der Waals surface area contributed by atoms with Crippen molar-refractivity contribution in [1.29, 1.82) is 0 Å². The summed E-state index contributed by atoms with van der Waals surface area (Å²) in [7, 11) is -5.45. The molecule has 0 radical (unpaired) electrons. The zero-order valence-electron chi connectivity index (χ0n) is 13.5. The largest absolute Gasteiger partial charge is 0.464 e. The van der Waals surface area contributed by atoms with Gasteiger partial charge in [-0.2, -0.15) is 0 Å². The molecule has 0 bridgehead atoms. The van der Waals surface area contributed by atoms with Gasteiger partial charge in [-0.1, -0.05) is 0 Å². The molecule has 21 heavy (non-hydrogen) atoms. The average molecular weight is 343 g/mol. The van der Waals surface area contributed by atoms with Gasteiger partial charge in [0.2, 0.25) is 5.78 Å². The van der Waals surface area contributed by atoms with E-state index >= 15 is 0 Å². The van der Waals surface area contributed by atoms with E-state index in [0.717, 1.165) is 0 Å². The minimum atomic E-state index is -3.82. The maximum Gasteiger partial charge on any atom is 0.359 e. The molecular formula is C12H26NO6PS. The second-order valence-electron chi connectivity index (χ2n) is 5.03. The molecule has 2 atom stereocenters. The van der Waals surface area contributed by atoms with Gasteiger partial charge in [-0.3, -0.25) is 4.57 Å². The third-order valence-electron chi connectivity index (χ3n) is 2.22. The second-order valence-corrected chi connectivity index (χ2v) is 9.14. The van der Waals surface area contributed by atoms with Crippen LogP contribution in [0.3, 0.4) is 0 Å². The highest BCUT2D eigenvalue weighted by Crippen LogP contribution is 2.52. The van der Waals surface area contributed by atoms with Crippen molar-refractivity contribution in [3.05, 3.63) is 0 Å². The molecule has 0 spiro atoms. The number of carbonyl (C=O) groups excluding carboxylic acids is 1. The van der Waals surface area contributed by atoms with E-state index in [1.54, 1.807) is 41.5 Å². The number of nitrogens with one attached hydrogen (secondary N) is 1. The van der Waals surface area contributed by atoms with Crippen LogP contribution in [0.1, 0.15) is 41.5 Å². The lowest BCUT2D eigenvalue weighted by molar-refractivity contribution is -0.143. The van der Waals surface area contributed by atoms with Crippen LogP contribution in [0.2, 0.25) is 0 Å². The molecular weight excluding hydrogens is 317 g/mol. The molecule has 0 aliphatic carbocycles. The molecule has 0 aromatic carbocycles. The molecule has 0 aromatic heterocycles. The van der Waals surface area contributed by atoms with E-state index < -0.39 is 35.1 Å². The van der Waals surface area contributed by atoms with Crippen molar-refractivity contribution in [3.63, 3.8) is 0 Å². The Labute approximate surface area is 129 Å². The molecule has 0 fully saturated rings. The third kappa shape index (κ3) is 6.57. The van der Waals surface area contributed by atoms with Crippen molar-refractivity contribution < 1.29 is 27.4 Å². The highest BCUT2D eigenvalue weighted by molar-refractivity contribution is 7.84. The summed E-state index contributed by atoms with van der Waals surface area (Å²) in [5.74, 6) is -2.22. The Hall–Kier alpha value is -0.270. The quantitative estimate of drug-likeness (QED) is 0.510. The molecule has 126 valence electrons. The van der Waals surface area contributed by atoms with Crippen LogP contribution in [-0.2, 0) is 34.1 Å². The van der Waals surface area contributed by atoms with E-state index in [1.807, 2.05) is 0 Å². The van der Waals surface area contributed by atoms with Crippen molar-refractivity contribution in [2.45, 2.75) is 52.1 Å². The van der Waals surface area contributed by atoms with Crippen LogP contribution in [0.4, 0.5) is 0 Å². The number of carbonyl (C=O) groups is 1. The van der Waals surface area contributed by atoms with Crippen molar-refractivity contribution in [2.24, 2.45) is 0 Å². The summed E-state index contributed by atoms with van der Waals surface area (Å²) < 4.78 is 42.0. The lowest BCUT2D eigenvalue weighted by atomic mass is 10.3. The van der Waals surface area contributed by atoms with Gasteiger partial charge in [-0.15, -0.1) is 0 Å². The fourth-order valence-electron chi connectivity index (χ4n) is 1.29. The zero-order chi connectivity index (χ0) is 16.7. The number of esters is 1. The van der Waals surface area contributed by atoms with Gasteiger partial charge in [-0.25, -0.2) is 13.7 Å². The maximum atomic E-state index is 12.7. The first-order valence-electron chi connectivity index (χ1n) is 6.85.